The second kappa shape index (κ2) is 8.95. The lowest BCUT2D eigenvalue weighted by Crippen LogP contribution is -2.20. The number of methoxy groups -OCH3 is 1. The number of carbonyl (C=O) groups is 1. The number of rotatable bonds is 7. The molecule has 3 aromatic carbocycles. The van der Waals surface area contributed by atoms with Gasteiger partial charge < -0.3 is 20.1 Å². The minimum Gasteiger partial charge on any atom is -0.493 e. The molecule has 5 nitrogen and oxygen atoms in total. The Balaban J connectivity index is 1.57. The van der Waals surface area contributed by atoms with Crippen molar-refractivity contribution in [1.29, 1.82) is 0 Å². The Bertz CT molecular complexity index is 932. The number of ether oxygens (including phenoxy) is 2. The van der Waals surface area contributed by atoms with Crippen LogP contribution in [0.5, 0.6) is 11.5 Å². The van der Waals surface area contributed by atoms with Crippen LogP contribution in [0.1, 0.15) is 11.1 Å². The number of aryl methyl sites for hydroxylation is 2. The Labute approximate surface area is 165 Å². The van der Waals surface area contributed by atoms with E-state index in [2.05, 4.69) is 36.6 Å². The van der Waals surface area contributed by atoms with Crippen molar-refractivity contribution in [3.63, 3.8) is 0 Å². The molecular weight excluding hydrogens is 352 g/mol. The lowest BCUT2D eigenvalue weighted by Gasteiger charge is -2.13. The molecule has 28 heavy (non-hydrogen) atoms. The molecule has 0 bridgehead atoms. The molecule has 3 aromatic rings. The smallest absolute Gasteiger partial charge is 0.262 e. The molecule has 2 N–H and O–H groups in total. The van der Waals surface area contributed by atoms with Gasteiger partial charge in [0.1, 0.15) is 0 Å². The van der Waals surface area contributed by atoms with Crippen molar-refractivity contribution < 1.29 is 14.3 Å². The SMILES string of the molecule is COc1ccccc1OCC(=O)Nc1ccc(Nc2c(C)cccc2C)cc1. The third kappa shape index (κ3) is 4.82. The third-order valence-corrected chi connectivity index (χ3v) is 4.35. The van der Waals surface area contributed by atoms with E-state index in [1.54, 1.807) is 19.2 Å². The molecule has 0 aliphatic rings. The third-order valence-electron chi connectivity index (χ3n) is 4.35. The van der Waals surface area contributed by atoms with Gasteiger partial charge in [-0.15, -0.1) is 0 Å². The largest absolute Gasteiger partial charge is 0.493 e. The van der Waals surface area contributed by atoms with Crippen molar-refractivity contribution in [2.75, 3.05) is 24.4 Å². The summed E-state index contributed by atoms with van der Waals surface area (Å²) in [5.74, 6) is 0.895. The Morgan fingerprint density at radius 3 is 2.07 bits per heavy atom. The molecule has 0 saturated carbocycles. The predicted octanol–water partition coefficient (Wildman–Crippen LogP) is 5.07. The van der Waals surface area contributed by atoms with Crippen LogP contribution in [-0.2, 0) is 4.79 Å². The second-order valence-corrected chi connectivity index (χ2v) is 6.46. The fraction of sp³-hybridized carbons (Fsp3) is 0.174. The van der Waals surface area contributed by atoms with Crippen LogP contribution in [-0.4, -0.2) is 19.6 Å². The molecule has 0 spiro atoms. The summed E-state index contributed by atoms with van der Waals surface area (Å²) in [7, 11) is 1.57. The van der Waals surface area contributed by atoms with Crippen LogP contribution in [0.15, 0.2) is 66.7 Å². The van der Waals surface area contributed by atoms with Gasteiger partial charge in [0.15, 0.2) is 18.1 Å². The molecule has 0 aromatic heterocycles. The summed E-state index contributed by atoms with van der Waals surface area (Å²) >= 11 is 0. The topological polar surface area (TPSA) is 59.6 Å². The van der Waals surface area contributed by atoms with E-state index >= 15 is 0 Å². The highest BCUT2D eigenvalue weighted by molar-refractivity contribution is 5.92. The van der Waals surface area contributed by atoms with Gasteiger partial charge in [0.05, 0.1) is 7.11 Å². The Hall–Kier alpha value is -3.47. The number of benzene rings is 3. The van der Waals surface area contributed by atoms with Crippen LogP contribution in [0.2, 0.25) is 0 Å². The first-order valence-electron chi connectivity index (χ1n) is 9.06. The number of hydrogen-bond donors (Lipinski definition) is 2. The van der Waals surface area contributed by atoms with Crippen molar-refractivity contribution in [2.24, 2.45) is 0 Å². The maximum atomic E-state index is 12.2. The van der Waals surface area contributed by atoms with Gasteiger partial charge in [-0.25, -0.2) is 0 Å². The van der Waals surface area contributed by atoms with E-state index in [1.165, 1.54) is 11.1 Å². The monoisotopic (exact) mass is 376 g/mol. The standard InChI is InChI=1S/C23H24N2O3/c1-16-7-6-8-17(2)23(16)25-19-13-11-18(12-14-19)24-22(26)15-28-21-10-5-4-9-20(21)27-3/h4-14,25H,15H2,1-3H3,(H,24,26). The maximum absolute atomic E-state index is 12.2. The summed E-state index contributed by atoms with van der Waals surface area (Å²) in [5, 5.41) is 6.26. The Morgan fingerprint density at radius 1 is 0.821 bits per heavy atom. The molecule has 0 radical (unpaired) electrons. The fourth-order valence-corrected chi connectivity index (χ4v) is 2.87. The van der Waals surface area contributed by atoms with Crippen LogP contribution in [0.25, 0.3) is 0 Å². The number of para-hydroxylation sites is 3. The number of nitrogens with one attached hydrogen (secondary N) is 2. The zero-order valence-electron chi connectivity index (χ0n) is 16.3. The van der Waals surface area contributed by atoms with Crippen LogP contribution < -0.4 is 20.1 Å². The first-order chi connectivity index (χ1) is 13.6. The van der Waals surface area contributed by atoms with Crippen LogP contribution in [0, 0.1) is 13.8 Å². The normalized spacial score (nSPS) is 10.2. The van der Waals surface area contributed by atoms with E-state index in [1.807, 2.05) is 42.5 Å². The van der Waals surface area contributed by atoms with Crippen LogP contribution in [0.3, 0.4) is 0 Å². The zero-order valence-corrected chi connectivity index (χ0v) is 16.3. The van der Waals surface area contributed by atoms with Gasteiger partial charge in [-0.05, 0) is 61.4 Å². The fourth-order valence-electron chi connectivity index (χ4n) is 2.87. The molecule has 0 unspecified atom stereocenters. The summed E-state index contributed by atoms with van der Waals surface area (Å²) in [6, 6.07) is 21.0. The van der Waals surface area contributed by atoms with Gasteiger partial charge in [-0.3, -0.25) is 4.79 Å². The minimum atomic E-state index is -0.235. The molecule has 0 atom stereocenters. The summed E-state index contributed by atoms with van der Waals surface area (Å²) < 4.78 is 10.8. The Kier molecular flexibility index (Phi) is 6.17. The molecule has 0 saturated heterocycles. The van der Waals surface area contributed by atoms with Gasteiger partial charge in [0.25, 0.3) is 5.91 Å². The first kappa shape index (κ1) is 19.3. The van der Waals surface area contributed by atoms with Gasteiger partial charge in [-0.2, -0.15) is 0 Å². The van der Waals surface area contributed by atoms with E-state index in [9.17, 15) is 4.79 Å². The molecule has 3 rings (SSSR count). The summed E-state index contributed by atoms with van der Waals surface area (Å²) in [6.45, 7) is 4.06. The molecule has 0 aliphatic carbocycles. The molecule has 0 fully saturated rings. The Morgan fingerprint density at radius 2 is 1.43 bits per heavy atom. The van der Waals surface area contributed by atoms with Crippen molar-refractivity contribution in [1.82, 2.24) is 0 Å². The van der Waals surface area contributed by atoms with Gasteiger partial charge in [-0.1, -0.05) is 30.3 Å². The number of anilines is 3. The van der Waals surface area contributed by atoms with Crippen molar-refractivity contribution in [2.45, 2.75) is 13.8 Å². The number of hydrogen-bond acceptors (Lipinski definition) is 4. The maximum Gasteiger partial charge on any atom is 0.262 e. The van der Waals surface area contributed by atoms with Gasteiger partial charge in [0.2, 0.25) is 0 Å². The highest BCUT2D eigenvalue weighted by atomic mass is 16.5. The lowest BCUT2D eigenvalue weighted by atomic mass is 10.1. The lowest BCUT2D eigenvalue weighted by molar-refractivity contribution is -0.118. The quantitative estimate of drug-likeness (QED) is 0.604. The second-order valence-electron chi connectivity index (χ2n) is 6.46. The van der Waals surface area contributed by atoms with Gasteiger partial charge >= 0.3 is 0 Å². The molecule has 144 valence electrons. The summed E-state index contributed by atoms with van der Waals surface area (Å²) in [6.07, 6.45) is 0. The average Bonchev–Trinajstić information content (AvgIpc) is 2.71. The van der Waals surface area contributed by atoms with Crippen LogP contribution in [0.4, 0.5) is 17.1 Å². The highest BCUT2D eigenvalue weighted by Gasteiger charge is 2.08. The average molecular weight is 376 g/mol. The van der Waals surface area contributed by atoms with Gasteiger partial charge in [0, 0.05) is 17.1 Å². The molecule has 0 aliphatic heterocycles. The number of carbonyl (C=O) groups excluding carboxylic acids is 1. The molecule has 0 heterocycles. The van der Waals surface area contributed by atoms with E-state index in [0.717, 1.165) is 11.4 Å². The van der Waals surface area contributed by atoms with Crippen LogP contribution >= 0.6 is 0 Å². The minimum absolute atomic E-state index is 0.0945. The molecule has 1 amide bonds. The first-order valence-corrected chi connectivity index (χ1v) is 9.06. The summed E-state index contributed by atoms with van der Waals surface area (Å²) in [5.41, 5.74) is 5.14. The predicted molar refractivity (Wildman–Crippen MR) is 113 cm³/mol. The van der Waals surface area contributed by atoms with Crippen molar-refractivity contribution >= 4 is 23.0 Å². The summed E-state index contributed by atoms with van der Waals surface area (Å²) in [4.78, 5) is 12.2. The zero-order chi connectivity index (χ0) is 19.9. The van der Waals surface area contributed by atoms with Crippen molar-refractivity contribution in [3.8, 4) is 11.5 Å². The van der Waals surface area contributed by atoms with Crippen molar-refractivity contribution in [3.05, 3.63) is 77.9 Å². The highest BCUT2D eigenvalue weighted by Crippen LogP contribution is 2.26. The van der Waals surface area contributed by atoms with E-state index < -0.39 is 0 Å². The van der Waals surface area contributed by atoms with E-state index in [0.29, 0.717) is 17.2 Å². The number of amides is 1. The van der Waals surface area contributed by atoms with E-state index in [4.69, 9.17) is 9.47 Å². The van der Waals surface area contributed by atoms with E-state index in [-0.39, 0.29) is 12.5 Å². The molecule has 5 heteroatoms. The molecular formula is C23H24N2O3.